The second-order valence-electron chi connectivity index (χ2n) is 6.77. The van der Waals surface area contributed by atoms with Crippen LogP contribution in [-0.2, 0) is 6.54 Å². The molecule has 0 aliphatic heterocycles. The number of amides is 1. The number of nitro groups is 1. The molecule has 2 aromatic carbocycles. The van der Waals surface area contributed by atoms with E-state index in [0.29, 0.717) is 5.75 Å². The third kappa shape index (κ3) is 4.33. The number of phenols is 1. The first-order valence-corrected chi connectivity index (χ1v) is 9.17. The molecular formula is C20H23N3O5. The van der Waals surface area contributed by atoms with Gasteiger partial charge in [0.1, 0.15) is 5.69 Å². The van der Waals surface area contributed by atoms with Crippen LogP contribution in [0, 0.1) is 10.1 Å². The number of anilines is 1. The molecule has 0 radical (unpaired) electrons. The first kappa shape index (κ1) is 19.5. The van der Waals surface area contributed by atoms with Crippen molar-refractivity contribution in [2.45, 2.75) is 38.3 Å². The fraction of sp³-hybridized carbons (Fsp3) is 0.350. The van der Waals surface area contributed by atoms with E-state index in [2.05, 4.69) is 10.6 Å². The number of carbonyl (C=O) groups excluding carboxylic acids is 1. The molecule has 0 unspecified atom stereocenters. The minimum atomic E-state index is -0.473. The molecule has 1 saturated carbocycles. The molecule has 148 valence electrons. The fourth-order valence-corrected chi connectivity index (χ4v) is 3.42. The molecule has 0 spiro atoms. The molecule has 1 fully saturated rings. The van der Waals surface area contributed by atoms with Crippen molar-refractivity contribution in [3.05, 3.63) is 57.6 Å². The molecule has 2 aromatic rings. The first-order chi connectivity index (χ1) is 13.5. The van der Waals surface area contributed by atoms with Gasteiger partial charge in [0.25, 0.3) is 11.6 Å². The van der Waals surface area contributed by atoms with E-state index in [4.69, 9.17) is 4.74 Å². The Hall–Kier alpha value is -3.29. The zero-order chi connectivity index (χ0) is 20.1. The van der Waals surface area contributed by atoms with Gasteiger partial charge in [-0.15, -0.1) is 0 Å². The molecule has 8 nitrogen and oxygen atoms in total. The number of hydrogen-bond acceptors (Lipinski definition) is 6. The highest BCUT2D eigenvalue weighted by molar-refractivity contribution is 6.01. The highest BCUT2D eigenvalue weighted by atomic mass is 16.6. The van der Waals surface area contributed by atoms with Crippen LogP contribution in [0.1, 0.15) is 41.6 Å². The van der Waals surface area contributed by atoms with Gasteiger partial charge in [0.2, 0.25) is 0 Å². The van der Waals surface area contributed by atoms with Crippen LogP contribution < -0.4 is 15.4 Å². The lowest BCUT2D eigenvalue weighted by Gasteiger charge is -2.17. The Morgan fingerprint density at radius 1 is 1.29 bits per heavy atom. The highest BCUT2D eigenvalue weighted by Gasteiger charge is 2.25. The number of nitro benzene ring substituents is 1. The fourth-order valence-electron chi connectivity index (χ4n) is 3.42. The van der Waals surface area contributed by atoms with Crippen LogP contribution in [0.4, 0.5) is 11.4 Å². The van der Waals surface area contributed by atoms with E-state index in [-0.39, 0.29) is 35.3 Å². The molecule has 3 N–H and O–H groups in total. The number of phenolic OH excluding ortho intramolecular Hbond substituents is 1. The number of nitrogens with zero attached hydrogens (tertiary/aromatic N) is 1. The third-order valence-electron chi connectivity index (χ3n) is 4.88. The Labute approximate surface area is 162 Å². The number of carbonyl (C=O) groups is 1. The Balaban J connectivity index is 1.80. The average Bonchev–Trinajstić information content (AvgIpc) is 3.20. The van der Waals surface area contributed by atoms with E-state index in [1.807, 2.05) is 0 Å². The molecule has 1 aliphatic rings. The topological polar surface area (TPSA) is 114 Å². The standard InChI is InChI=1S/C20H23N3O5/c1-28-18-11-13(9-10-17(18)24)12-21-20(25)15-7-4-8-16(23(26)27)19(15)22-14-5-2-3-6-14/h4,7-11,14,22,24H,2-3,5-6,12H2,1H3,(H,21,25). The van der Waals surface area contributed by atoms with Crippen LogP contribution in [0.5, 0.6) is 11.5 Å². The number of ether oxygens (including phenoxy) is 1. The zero-order valence-electron chi connectivity index (χ0n) is 15.6. The van der Waals surface area contributed by atoms with Gasteiger partial charge in [-0.2, -0.15) is 0 Å². The third-order valence-corrected chi connectivity index (χ3v) is 4.88. The van der Waals surface area contributed by atoms with Crippen molar-refractivity contribution in [2.75, 3.05) is 12.4 Å². The first-order valence-electron chi connectivity index (χ1n) is 9.17. The van der Waals surface area contributed by atoms with Gasteiger partial charge in [-0.1, -0.05) is 25.0 Å². The van der Waals surface area contributed by atoms with Gasteiger partial charge in [0.05, 0.1) is 17.6 Å². The van der Waals surface area contributed by atoms with Crippen molar-refractivity contribution in [2.24, 2.45) is 0 Å². The number of para-hydroxylation sites is 1. The van der Waals surface area contributed by atoms with Crippen LogP contribution in [0.2, 0.25) is 0 Å². The van der Waals surface area contributed by atoms with Gasteiger partial charge in [0, 0.05) is 18.7 Å². The van der Waals surface area contributed by atoms with Crippen molar-refractivity contribution in [3.63, 3.8) is 0 Å². The van der Waals surface area contributed by atoms with Crippen LogP contribution in [0.25, 0.3) is 0 Å². The van der Waals surface area contributed by atoms with Crippen LogP contribution in [-0.4, -0.2) is 29.1 Å². The lowest BCUT2D eigenvalue weighted by molar-refractivity contribution is -0.384. The Kier molecular flexibility index (Phi) is 5.98. The SMILES string of the molecule is COc1cc(CNC(=O)c2cccc([N+](=O)[O-])c2NC2CCCC2)ccc1O. The number of benzene rings is 2. The quantitative estimate of drug-likeness (QED) is 0.496. The molecule has 1 aliphatic carbocycles. The number of methoxy groups -OCH3 is 1. The Bertz CT molecular complexity index is 878. The number of aromatic hydroxyl groups is 1. The van der Waals surface area contributed by atoms with E-state index in [1.54, 1.807) is 18.2 Å². The molecule has 0 atom stereocenters. The van der Waals surface area contributed by atoms with Crippen molar-refractivity contribution in [3.8, 4) is 11.5 Å². The Morgan fingerprint density at radius 2 is 2.04 bits per heavy atom. The van der Waals surface area contributed by atoms with Crippen LogP contribution >= 0.6 is 0 Å². The molecule has 0 heterocycles. The minimum absolute atomic E-state index is 0.0133. The second-order valence-corrected chi connectivity index (χ2v) is 6.77. The van der Waals surface area contributed by atoms with Crippen LogP contribution in [0.3, 0.4) is 0 Å². The summed E-state index contributed by atoms with van der Waals surface area (Å²) in [6.07, 6.45) is 4.01. The summed E-state index contributed by atoms with van der Waals surface area (Å²) in [6.45, 7) is 0.195. The smallest absolute Gasteiger partial charge is 0.293 e. The number of rotatable bonds is 7. The van der Waals surface area contributed by atoms with Crippen molar-refractivity contribution in [1.82, 2.24) is 5.32 Å². The molecule has 3 rings (SSSR count). The molecule has 1 amide bonds. The summed E-state index contributed by atoms with van der Waals surface area (Å²) in [7, 11) is 1.45. The van der Waals surface area contributed by atoms with Crippen molar-refractivity contribution < 1.29 is 19.6 Å². The second kappa shape index (κ2) is 8.60. The summed E-state index contributed by atoms with van der Waals surface area (Å²) in [5.74, 6) is -0.0822. The van der Waals surface area contributed by atoms with Gasteiger partial charge in [0.15, 0.2) is 11.5 Å². The largest absolute Gasteiger partial charge is 0.504 e. The lowest BCUT2D eigenvalue weighted by atomic mass is 10.1. The Morgan fingerprint density at radius 3 is 2.71 bits per heavy atom. The van der Waals surface area contributed by atoms with Gasteiger partial charge < -0.3 is 20.5 Å². The molecular weight excluding hydrogens is 362 g/mol. The normalized spacial score (nSPS) is 13.9. The maximum Gasteiger partial charge on any atom is 0.293 e. The maximum atomic E-state index is 12.8. The number of nitrogens with one attached hydrogen (secondary N) is 2. The minimum Gasteiger partial charge on any atom is -0.504 e. The summed E-state index contributed by atoms with van der Waals surface area (Å²) >= 11 is 0. The van der Waals surface area contributed by atoms with Crippen molar-refractivity contribution >= 4 is 17.3 Å². The molecule has 8 heteroatoms. The monoisotopic (exact) mass is 385 g/mol. The van der Waals surface area contributed by atoms with Gasteiger partial charge in [-0.25, -0.2) is 0 Å². The van der Waals surface area contributed by atoms with E-state index < -0.39 is 10.8 Å². The maximum absolute atomic E-state index is 12.8. The zero-order valence-corrected chi connectivity index (χ0v) is 15.6. The summed E-state index contributed by atoms with van der Waals surface area (Å²) in [5, 5.41) is 27.1. The average molecular weight is 385 g/mol. The van der Waals surface area contributed by atoms with E-state index in [9.17, 15) is 20.0 Å². The summed E-state index contributed by atoms with van der Waals surface area (Å²) in [6, 6.07) is 9.41. The number of hydrogen-bond donors (Lipinski definition) is 3. The van der Waals surface area contributed by atoms with E-state index in [1.165, 1.54) is 25.3 Å². The summed E-state index contributed by atoms with van der Waals surface area (Å²) < 4.78 is 5.06. The van der Waals surface area contributed by atoms with Crippen molar-refractivity contribution in [1.29, 1.82) is 0 Å². The van der Waals surface area contributed by atoms with E-state index in [0.717, 1.165) is 31.2 Å². The van der Waals surface area contributed by atoms with E-state index >= 15 is 0 Å². The van der Waals surface area contributed by atoms with Gasteiger partial charge in [-0.3, -0.25) is 14.9 Å². The molecule has 0 saturated heterocycles. The highest BCUT2D eigenvalue weighted by Crippen LogP contribution is 2.32. The predicted octanol–water partition coefficient (Wildman–Crippen LogP) is 3.59. The molecule has 28 heavy (non-hydrogen) atoms. The summed E-state index contributed by atoms with van der Waals surface area (Å²) in [4.78, 5) is 23.7. The van der Waals surface area contributed by atoms with Gasteiger partial charge in [-0.05, 0) is 36.6 Å². The molecule has 0 aromatic heterocycles. The van der Waals surface area contributed by atoms with Gasteiger partial charge >= 0.3 is 0 Å². The predicted molar refractivity (Wildman–Crippen MR) is 105 cm³/mol. The van der Waals surface area contributed by atoms with Crippen LogP contribution in [0.15, 0.2) is 36.4 Å². The lowest BCUT2D eigenvalue weighted by Crippen LogP contribution is -2.26. The summed E-state index contributed by atoms with van der Waals surface area (Å²) in [5.41, 5.74) is 1.14. The molecule has 0 bridgehead atoms.